The van der Waals surface area contributed by atoms with Crippen molar-refractivity contribution in [1.29, 1.82) is 0 Å². The molecule has 0 aromatic heterocycles. The zero-order valence-corrected chi connectivity index (χ0v) is 11.5. The van der Waals surface area contributed by atoms with Crippen LogP contribution >= 0.6 is 15.9 Å². The second-order valence-corrected chi connectivity index (χ2v) is 5.38. The van der Waals surface area contributed by atoms with Gasteiger partial charge in [0.25, 0.3) is 0 Å². The summed E-state index contributed by atoms with van der Waals surface area (Å²) in [4.78, 5) is 0. The summed E-state index contributed by atoms with van der Waals surface area (Å²) in [5.74, 6) is 0.379. The Morgan fingerprint density at radius 3 is 3.12 bits per heavy atom. The zero-order valence-electron chi connectivity index (χ0n) is 9.88. The van der Waals surface area contributed by atoms with E-state index in [1.807, 2.05) is 0 Å². The molecular weight excluding hydrogens is 285 g/mol. The van der Waals surface area contributed by atoms with Gasteiger partial charge in [-0.3, -0.25) is 0 Å². The summed E-state index contributed by atoms with van der Waals surface area (Å²) in [6, 6.07) is 5.17. The number of benzene rings is 1. The summed E-state index contributed by atoms with van der Waals surface area (Å²) in [7, 11) is 0. The molecule has 0 aliphatic carbocycles. The van der Waals surface area contributed by atoms with Gasteiger partial charge in [-0.1, -0.05) is 15.9 Å². The fraction of sp³-hybridized carbons (Fsp3) is 0.538. The molecule has 1 heterocycles. The number of ether oxygens (including phenoxy) is 1. The van der Waals surface area contributed by atoms with E-state index in [-0.39, 0.29) is 5.82 Å². The first-order chi connectivity index (χ1) is 8.16. The maximum atomic E-state index is 13.1. The lowest BCUT2D eigenvalue weighted by atomic mass is 10.0. The van der Waals surface area contributed by atoms with Crippen molar-refractivity contribution in [2.24, 2.45) is 5.92 Å². The molecule has 2 rings (SSSR count). The van der Waals surface area contributed by atoms with Crippen molar-refractivity contribution in [3.05, 3.63) is 34.1 Å². The highest BCUT2D eigenvalue weighted by Crippen LogP contribution is 2.20. The van der Waals surface area contributed by atoms with Gasteiger partial charge in [0, 0.05) is 23.7 Å². The maximum absolute atomic E-state index is 13.1. The van der Waals surface area contributed by atoms with E-state index in [1.165, 1.54) is 6.07 Å². The van der Waals surface area contributed by atoms with Crippen LogP contribution < -0.4 is 5.32 Å². The highest BCUT2D eigenvalue weighted by molar-refractivity contribution is 9.10. The molecule has 0 radical (unpaired) electrons. The lowest BCUT2D eigenvalue weighted by Gasteiger charge is -2.19. The van der Waals surface area contributed by atoms with Crippen molar-refractivity contribution in [2.75, 3.05) is 13.2 Å². The average Bonchev–Trinajstić information content (AvgIpc) is 2.83. The van der Waals surface area contributed by atoms with Crippen molar-refractivity contribution < 1.29 is 9.13 Å². The van der Waals surface area contributed by atoms with Crippen LogP contribution in [0.15, 0.2) is 22.7 Å². The van der Waals surface area contributed by atoms with Crippen LogP contribution in [-0.2, 0) is 11.3 Å². The van der Waals surface area contributed by atoms with Gasteiger partial charge in [-0.15, -0.1) is 0 Å². The molecule has 1 aromatic rings. The Morgan fingerprint density at radius 1 is 1.59 bits per heavy atom. The van der Waals surface area contributed by atoms with E-state index < -0.39 is 0 Å². The highest BCUT2D eigenvalue weighted by Gasteiger charge is 2.21. The van der Waals surface area contributed by atoms with Gasteiger partial charge < -0.3 is 10.1 Å². The van der Waals surface area contributed by atoms with E-state index in [0.29, 0.717) is 18.5 Å². The standard InChI is InChI=1S/C13H17BrFNO/c1-9(10-4-5-17-8-10)16-7-11-6-12(15)2-3-13(11)14/h2-3,6,9-10,16H,4-5,7-8H2,1H3. The molecule has 0 saturated carbocycles. The van der Waals surface area contributed by atoms with E-state index in [9.17, 15) is 4.39 Å². The average molecular weight is 302 g/mol. The Kier molecular flexibility index (Phi) is 4.54. The van der Waals surface area contributed by atoms with Gasteiger partial charge in [0.1, 0.15) is 5.82 Å². The molecule has 2 nitrogen and oxygen atoms in total. The molecule has 0 amide bonds. The van der Waals surface area contributed by atoms with Gasteiger partial charge in [-0.05, 0) is 43.0 Å². The highest BCUT2D eigenvalue weighted by atomic mass is 79.9. The molecule has 1 aliphatic heterocycles. The molecule has 17 heavy (non-hydrogen) atoms. The van der Waals surface area contributed by atoms with Crippen LogP contribution in [0.4, 0.5) is 4.39 Å². The summed E-state index contributed by atoms with van der Waals surface area (Å²) in [6.45, 7) is 4.53. The molecule has 1 N–H and O–H groups in total. The van der Waals surface area contributed by atoms with Gasteiger partial charge in [0.15, 0.2) is 0 Å². The Bertz CT molecular complexity index is 380. The number of halogens is 2. The Balaban J connectivity index is 1.90. The largest absolute Gasteiger partial charge is 0.381 e. The minimum atomic E-state index is -0.193. The summed E-state index contributed by atoms with van der Waals surface area (Å²) < 4.78 is 19.4. The van der Waals surface area contributed by atoms with Crippen molar-refractivity contribution in [2.45, 2.75) is 25.9 Å². The van der Waals surface area contributed by atoms with E-state index in [0.717, 1.165) is 29.7 Å². The van der Waals surface area contributed by atoms with Crippen molar-refractivity contribution in [3.8, 4) is 0 Å². The van der Waals surface area contributed by atoms with Crippen molar-refractivity contribution >= 4 is 15.9 Å². The predicted molar refractivity (Wildman–Crippen MR) is 69.3 cm³/mol. The van der Waals surface area contributed by atoms with Gasteiger partial charge >= 0.3 is 0 Å². The normalized spacial score (nSPS) is 21.7. The van der Waals surface area contributed by atoms with Crippen LogP contribution in [0.2, 0.25) is 0 Å². The molecule has 1 aliphatic rings. The topological polar surface area (TPSA) is 21.3 Å². The SMILES string of the molecule is CC(NCc1cc(F)ccc1Br)C1CCOC1. The third kappa shape index (κ3) is 3.50. The van der Waals surface area contributed by atoms with E-state index in [4.69, 9.17) is 4.74 Å². The smallest absolute Gasteiger partial charge is 0.123 e. The van der Waals surface area contributed by atoms with E-state index >= 15 is 0 Å². The van der Waals surface area contributed by atoms with Crippen molar-refractivity contribution in [1.82, 2.24) is 5.32 Å². The number of nitrogens with one attached hydrogen (secondary N) is 1. The molecule has 94 valence electrons. The summed E-state index contributed by atoms with van der Waals surface area (Å²) in [5, 5.41) is 3.43. The Hall–Kier alpha value is -0.450. The third-order valence-electron chi connectivity index (χ3n) is 3.29. The van der Waals surface area contributed by atoms with Gasteiger partial charge in [0.05, 0.1) is 6.61 Å². The monoisotopic (exact) mass is 301 g/mol. The summed E-state index contributed by atoms with van der Waals surface area (Å²) >= 11 is 3.43. The lowest BCUT2D eigenvalue weighted by Crippen LogP contribution is -2.33. The number of rotatable bonds is 4. The second kappa shape index (κ2) is 5.94. The maximum Gasteiger partial charge on any atom is 0.123 e. The molecule has 0 spiro atoms. The van der Waals surface area contributed by atoms with Gasteiger partial charge in [-0.2, -0.15) is 0 Å². The van der Waals surface area contributed by atoms with Crippen LogP contribution in [0.25, 0.3) is 0 Å². The fourth-order valence-corrected chi connectivity index (χ4v) is 2.45. The van der Waals surface area contributed by atoms with Crippen molar-refractivity contribution in [3.63, 3.8) is 0 Å². The van der Waals surface area contributed by atoms with Crippen LogP contribution in [0.5, 0.6) is 0 Å². The number of hydrogen-bond acceptors (Lipinski definition) is 2. The molecule has 1 aromatic carbocycles. The lowest BCUT2D eigenvalue weighted by molar-refractivity contribution is 0.178. The van der Waals surface area contributed by atoms with E-state index in [1.54, 1.807) is 12.1 Å². The van der Waals surface area contributed by atoms with Crippen LogP contribution in [0, 0.1) is 11.7 Å². The molecule has 1 fully saturated rings. The molecule has 1 saturated heterocycles. The van der Waals surface area contributed by atoms with Gasteiger partial charge in [0.2, 0.25) is 0 Å². The van der Waals surface area contributed by atoms with Crippen LogP contribution in [-0.4, -0.2) is 19.3 Å². The van der Waals surface area contributed by atoms with Crippen LogP contribution in [0.1, 0.15) is 18.9 Å². The molecular formula is C13H17BrFNO. The number of hydrogen-bond donors (Lipinski definition) is 1. The third-order valence-corrected chi connectivity index (χ3v) is 4.07. The molecule has 4 heteroatoms. The molecule has 2 atom stereocenters. The van der Waals surface area contributed by atoms with Crippen LogP contribution in [0.3, 0.4) is 0 Å². The minimum Gasteiger partial charge on any atom is -0.381 e. The first-order valence-corrected chi connectivity index (χ1v) is 6.71. The zero-order chi connectivity index (χ0) is 12.3. The molecule has 0 bridgehead atoms. The van der Waals surface area contributed by atoms with Gasteiger partial charge in [-0.25, -0.2) is 4.39 Å². The van der Waals surface area contributed by atoms with E-state index in [2.05, 4.69) is 28.2 Å². The second-order valence-electron chi connectivity index (χ2n) is 4.53. The Labute approximate surface area is 110 Å². The Morgan fingerprint density at radius 2 is 2.41 bits per heavy atom. The quantitative estimate of drug-likeness (QED) is 0.923. The predicted octanol–water partition coefficient (Wildman–Crippen LogP) is 3.10. The fourth-order valence-electron chi connectivity index (χ4n) is 2.06. The summed E-state index contributed by atoms with van der Waals surface area (Å²) in [5.41, 5.74) is 0.954. The first kappa shape index (κ1) is 13.0. The molecule has 2 unspecified atom stereocenters. The minimum absolute atomic E-state index is 0.193. The summed E-state index contributed by atoms with van der Waals surface area (Å²) in [6.07, 6.45) is 1.11. The first-order valence-electron chi connectivity index (χ1n) is 5.92.